The number of carbonyl (C=O) groups is 3. The lowest BCUT2D eigenvalue weighted by Gasteiger charge is -2.29. The van der Waals surface area contributed by atoms with Crippen LogP contribution in [0.1, 0.15) is 26.7 Å². The van der Waals surface area contributed by atoms with Crippen LogP contribution in [-0.4, -0.2) is 62.0 Å². The number of rotatable bonds is 7. The zero-order valence-corrected chi connectivity index (χ0v) is 19.3. The SMILES string of the molecule is O=C(COc1ccc(F)cc1)c1ccc2c(c1)N(Cc1ccc(C(=O)N3CCOCC3)o1)C(=O)CO2. The predicted octanol–water partition coefficient (Wildman–Crippen LogP) is 3.08. The van der Waals surface area contributed by atoms with Crippen molar-refractivity contribution in [2.75, 3.05) is 44.4 Å². The van der Waals surface area contributed by atoms with Crippen LogP contribution in [-0.2, 0) is 16.1 Å². The van der Waals surface area contributed by atoms with Gasteiger partial charge >= 0.3 is 0 Å². The largest absolute Gasteiger partial charge is 0.485 e. The molecule has 0 saturated carbocycles. The van der Waals surface area contributed by atoms with Crippen LogP contribution >= 0.6 is 0 Å². The first kappa shape index (κ1) is 23.6. The van der Waals surface area contributed by atoms with E-state index in [-0.39, 0.29) is 43.1 Å². The molecule has 3 heterocycles. The predicted molar refractivity (Wildman–Crippen MR) is 125 cm³/mol. The molecule has 2 amide bonds. The lowest BCUT2D eigenvalue weighted by Crippen LogP contribution is -2.40. The molecule has 0 bridgehead atoms. The maximum Gasteiger partial charge on any atom is 0.289 e. The number of benzene rings is 2. The number of hydrogen-bond acceptors (Lipinski definition) is 7. The van der Waals surface area contributed by atoms with E-state index < -0.39 is 5.82 Å². The monoisotopic (exact) mass is 494 g/mol. The number of carbonyl (C=O) groups excluding carboxylic acids is 3. The molecule has 5 rings (SSSR count). The van der Waals surface area contributed by atoms with Crippen molar-refractivity contribution in [3.8, 4) is 11.5 Å². The van der Waals surface area contributed by atoms with Crippen molar-refractivity contribution in [3.05, 3.63) is 77.5 Å². The molecule has 0 atom stereocenters. The minimum absolute atomic E-state index is 0.0648. The summed E-state index contributed by atoms with van der Waals surface area (Å²) in [7, 11) is 0. The second-order valence-electron chi connectivity index (χ2n) is 8.29. The third kappa shape index (κ3) is 5.08. The molecule has 2 aliphatic rings. The summed E-state index contributed by atoms with van der Waals surface area (Å²) in [6, 6.07) is 13.4. The lowest BCUT2D eigenvalue weighted by molar-refractivity contribution is -0.121. The third-order valence-corrected chi connectivity index (χ3v) is 5.89. The molecule has 10 heteroatoms. The fourth-order valence-corrected chi connectivity index (χ4v) is 3.97. The zero-order chi connectivity index (χ0) is 25.1. The average molecular weight is 494 g/mol. The summed E-state index contributed by atoms with van der Waals surface area (Å²) in [6.45, 7) is 1.59. The molecule has 2 aliphatic heterocycles. The van der Waals surface area contributed by atoms with Gasteiger partial charge in [-0.15, -0.1) is 0 Å². The first-order chi connectivity index (χ1) is 17.5. The van der Waals surface area contributed by atoms with Crippen LogP contribution in [0.2, 0.25) is 0 Å². The Labute approximate surface area is 205 Å². The Morgan fingerprint density at radius 1 is 1.00 bits per heavy atom. The summed E-state index contributed by atoms with van der Waals surface area (Å²) in [6.07, 6.45) is 0. The molecule has 186 valence electrons. The molecule has 36 heavy (non-hydrogen) atoms. The Morgan fingerprint density at radius 2 is 1.78 bits per heavy atom. The number of morpholine rings is 1. The Bertz CT molecular complexity index is 1280. The molecule has 0 aliphatic carbocycles. The van der Waals surface area contributed by atoms with Gasteiger partial charge in [0, 0.05) is 18.7 Å². The van der Waals surface area contributed by atoms with Gasteiger partial charge in [-0.2, -0.15) is 0 Å². The van der Waals surface area contributed by atoms with Gasteiger partial charge in [0.15, 0.2) is 24.8 Å². The second kappa shape index (κ2) is 10.2. The van der Waals surface area contributed by atoms with Gasteiger partial charge < -0.3 is 23.5 Å². The van der Waals surface area contributed by atoms with E-state index >= 15 is 0 Å². The van der Waals surface area contributed by atoms with Gasteiger partial charge in [0.2, 0.25) is 0 Å². The van der Waals surface area contributed by atoms with E-state index in [1.54, 1.807) is 35.2 Å². The number of anilines is 1. The van der Waals surface area contributed by atoms with Crippen LogP contribution in [0, 0.1) is 5.82 Å². The fraction of sp³-hybridized carbons (Fsp3) is 0.269. The Hall–Kier alpha value is -4.18. The molecule has 1 saturated heterocycles. The molecule has 0 N–H and O–H groups in total. The highest BCUT2D eigenvalue weighted by atomic mass is 19.1. The van der Waals surface area contributed by atoms with Gasteiger partial charge in [0.05, 0.1) is 25.4 Å². The number of Topliss-reactive ketones (excluding diaryl/α,β-unsaturated/α-hetero) is 1. The number of halogens is 1. The van der Waals surface area contributed by atoms with E-state index in [1.165, 1.54) is 29.2 Å². The Morgan fingerprint density at radius 3 is 2.56 bits per heavy atom. The molecule has 2 aromatic carbocycles. The van der Waals surface area contributed by atoms with Crippen molar-refractivity contribution in [1.29, 1.82) is 0 Å². The quantitative estimate of drug-likeness (QED) is 0.466. The van der Waals surface area contributed by atoms with E-state index in [4.69, 9.17) is 18.6 Å². The van der Waals surface area contributed by atoms with E-state index in [2.05, 4.69) is 0 Å². The smallest absolute Gasteiger partial charge is 0.289 e. The molecule has 1 fully saturated rings. The molecule has 9 nitrogen and oxygen atoms in total. The van der Waals surface area contributed by atoms with Gasteiger partial charge in [-0.25, -0.2) is 4.39 Å². The number of fused-ring (bicyclic) bond motifs is 1. The normalized spacial score (nSPS) is 15.3. The molecule has 3 aromatic rings. The van der Waals surface area contributed by atoms with Gasteiger partial charge in [-0.3, -0.25) is 19.3 Å². The molecule has 0 spiro atoms. The first-order valence-electron chi connectivity index (χ1n) is 11.4. The number of nitrogens with zero attached hydrogens (tertiary/aromatic N) is 2. The number of amides is 2. The lowest BCUT2D eigenvalue weighted by atomic mass is 10.1. The van der Waals surface area contributed by atoms with Crippen LogP contribution in [0.15, 0.2) is 59.0 Å². The second-order valence-corrected chi connectivity index (χ2v) is 8.29. The molecule has 0 unspecified atom stereocenters. The summed E-state index contributed by atoms with van der Waals surface area (Å²) >= 11 is 0. The minimum atomic E-state index is -0.401. The van der Waals surface area contributed by atoms with Gasteiger partial charge in [0.25, 0.3) is 11.8 Å². The Kier molecular flexibility index (Phi) is 6.68. The number of furan rings is 1. The summed E-state index contributed by atoms with van der Waals surface area (Å²) in [5, 5.41) is 0. The maximum atomic E-state index is 13.1. The van der Waals surface area contributed by atoms with Crippen LogP contribution in [0.5, 0.6) is 11.5 Å². The number of ether oxygens (including phenoxy) is 3. The van der Waals surface area contributed by atoms with Gasteiger partial charge in [0.1, 0.15) is 23.1 Å². The summed E-state index contributed by atoms with van der Waals surface area (Å²) < 4.78 is 35.1. The van der Waals surface area contributed by atoms with Crippen molar-refractivity contribution in [3.63, 3.8) is 0 Å². The van der Waals surface area contributed by atoms with Crippen molar-refractivity contribution < 1.29 is 37.4 Å². The van der Waals surface area contributed by atoms with E-state index in [0.717, 1.165) is 0 Å². The molecule has 0 radical (unpaired) electrons. The molecular formula is C26H23FN2O7. The third-order valence-electron chi connectivity index (χ3n) is 5.89. The minimum Gasteiger partial charge on any atom is -0.485 e. The highest BCUT2D eigenvalue weighted by Gasteiger charge is 2.28. The Balaban J connectivity index is 1.30. The summed E-state index contributed by atoms with van der Waals surface area (Å²) in [5.74, 6) is 0.155. The topological polar surface area (TPSA) is 98.5 Å². The van der Waals surface area contributed by atoms with E-state index in [0.29, 0.717) is 54.8 Å². The van der Waals surface area contributed by atoms with E-state index in [9.17, 15) is 18.8 Å². The zero-order valence-electron chi connectivity index (χ0n) is 19.3. The van der Waals surface area contributed by atoms with Crippen LogP contribution < -0.4 is 14.4 Å². The summed E-state index contributed by atoms with van der Waals surface area (Å²) in [4.78, 5) is 41.2. The highest BCUT2D eigenvalue weighted by molar-refractivity contribution is 6.02. The van der Waals surface area contributed by atoms with Crippen LogP contribution in [0.4, 0.5) is 10.1 Å². The average Bonchev–Trinajstić information content (AvgIpc) is 3.38. The number of hydrogen-bond donors (Lipinski definition) is 0. The standard InChI is InChI=1S/C26H23FN2O7/c27-18-2-4-19(5-3-18)34-15-22(30)17-1-7-23-21(13-17)29(25(31)16-35-23)14-20-6-8-24(36-20)26(32)28-9-11-33-12-10-28/h1-8,13H,9-12,14-16H2. The van der Waals surface area contributed by atoms with Crippen LogP contribution in [0.3, 0.4) is 0 Å². The summed E-state index contributed by atoms with van der Waals surface area (Å²) in [5.41, 5.74) is 0.734. The van der Waals surface area contributed by atoms with Gasteiger partial charge in [-0.05, 0) is 54.6 Å². The highest BCUT2D eigenvalue weighted by Crippen LogP contribution is 2.34. The van der Waals surface area contributed by atoms with Crippen molar-refractivity contribution in [2.24, 2.45) is 0 Å². The first-order valence-corrected chi connectivity index (χ1v) is 11.4. The maximum absolute atomic E-state index is 13.1. The van der Waals surface area contributed by atoms with Crippen molar-refractivity contribution in [2.45, 2.75) is 6.54 Å². The molecule has 1 aromatic heterocycles. The van der Waals surface area contributed by atoms with Crippen molar-refractivity contribution in [1.82, 2.24) is 4.90 Å². The number of ketones is 1. The fourth-order valence-electron chi connectivity index (χ4n) is 3.97. The van der Waals surface area contributed by atoms with Gasteiger partial charge in [-0.1, -0.05) is 0 Å². The van der Waals surface area contributed by atoms with E-state index in [1.807, 2.05) is 0 Å². The van der Waals surface area contributed by atoms with Crippen LogP contribution in [0.25, 0.3) is 0 Å². The molecular weight excluding hydrogens is 471 g/mol. The van der Waals surface area contributed by atoms with Crippen molar-refractivity contribution >= 4 is 23.3 Å².